The summed E-state index contributed by atoms with van der Waals surface area (Å²) in [5.74, 6) is 1.13. The van der Waals surface area contributed by atoms with E-state index in [1.807, 2.05) is 12.1 Å². The van der Waals surface area contributed by atoms with E-state index in [9.17, 15) is 9.59 Å². The number of carbonyl (C=O) groups is 1. The molecule has 0 unspecified atom stereocenters. The van der Waals surface area contributed by atoms with E-state index >= 15 is 0 Å². The van der Waals surface area contributed by atoms with E-state index in [-0.39, 0.29) is 28.3 Å². The number of rotatable bonds is 5. The highest BCUT2D eigenvalue weighted by Gasteiger charge is 2.18. The van der Waals surface area contributed by atoms with Gasteiger partial charge in [-0.25, -0.2) is 4.79 Å². The normalized spacial score (nSPS) is 11.0. The second-order valence-corrected chi connectivity index (χ2v) is 8.35. The number of fused-ring (bicyclic) bond motifs is 2. The second kappa shape index (κ2) is 8.72. The van der Waals surface area contributed by atoms with Crippen LogP contribution in [0.2, 0.25) is 0 Å². The minimum atomic E-state index is -0.662. The van der Waals surface area contributed by atoms with Crippen LogP contribution < -0.4 is 19.6 Å². The van der Waals surface area contributed by atoms with Crippen molar-refractivity contribution in [2.75, 3.05) is 7.11 Å². The van der Waals surface area contributed by atoms with Crippen molar-refractivity contribution in [2.45, 2.75) is 6.92 Å². The first kappa shape index (κ1) is 21.8. The van der Waals surface area contributed by atoms with Crippen LogP contribution in [-0.4, -0.2) is 13.1 Å². The van der Waals surface area contributed by atoms with Gasteiger partial charge in [-0.3, -0.25) is 4.79 Å². The molecule has 0 fully saturated rings. The molecule has 0 aliphatic rings. The summed E-state index contributed by atoms with van der Waals surface area (Å²) in [6.45, 7) is 1.63. The van der Waals surface area contributed by atoms with Crippen molar-refractivity contribution in [3.8, 4) is 23.0 Å². The molecule has 2 aromatic heterocycles. The van der Waals surface area contributed by atoms with E-state index < -0.39 is 5.97 Å². The minimum absolute atomic E-state index is 0.0640. The van der Waals surface area contributed by atoms with Crippen molar-refractivity contribution >= 4 is 43.8 Å². The third kappa shape index (κ3) is 4.15. The van der Waals surface area contributed by atoms with Gasteiger partial charge in [0.2, 0.25) is 16.9 Å². The van der Waals surface area contributed by atoms with Crippen LogP contribution in [0.5, 0.6) is 23.0 Å². The fourth-order valence-electron chi connectivity index (χ4n) is 3.48. The summed E-state index contributed by atoms with van der Waals surface area (Å²) < 4.78 is 28.6. The van der Waals surface area contributed by atoms with Crippen LogP contribution in [-0.2, 0) is 0 Å². The van der Waals surface area contributed by atoms with Crippen LogP contribution in [0.1, 0.15) is 16.3 Å². The number of benzene rings is 3. The van der Waals surface area contributed by atoms with Crippen molar-refractivity contribution in [2.24, 2.45) is 0 Å². The topological polar surface area (TPSA) is 88.1 Å². The van der Waals surface area contributed by atoms with Gasteiger partial charge in [0.15, 0.2) is 0 Å². The van der Waals surface area contributed by atoms with E-state index in [0.29, 0.717) is 28.2 Å². The highest BCUT2D eigenvalue weighted by molar-refractivity contribution is 9.10. The molecule has 0 aliphatic heterocycles. The fourth-order valence-corrected chi connectivity index (χ4v) is 3.86. The number of esters is 1. The van der Waals surface area contributed by atoms with Gasteiger partial charge >= 0.3 is 5.97 Å². The highest BCUT2D eigenvalue weighted by atomic mass is 79.9. The molecule has 5 rings (SSSR count). The number of carbonyl (C=O) groups excluding carboxylic acids is 1. The van der Waals surface area contributed by atoms with Gasteiger partial charge in [-0.1, -0.05) is 15.9 Å². The van der Waals surface area contributed by atoms with Crippen molar-refractivity contribution in [1.82, 2.24) is 0 Å². The first-order valence-corrected chi connectivity index (χ1v) is 11.0. The number of hydrogen-bond acceptors (Lipinski definition) is 7. The molecule has 0 saturated heterocycles. The maximum absolute atomic E-state index is 13.0. The summed E-state index contributed by atoms with van der Waals surface area (Å²) in [6, 6.07) is 18.4. The molecule has 0 aliphatic carbocycles. The molecule has 34 heavy (non-hydrogen) atoms. The number of hydrogen-bond donors (Lipinski definition) is 0. The quantitative estimate of drug-likeness (QED) is 0.190. The summed E-state index contributed by atoms with van der Waals surface area (Å²) in [7, 11) is 1.57. The molecular weight excluding hydrogens is 504 g/mol. The van der Waals surface area contributed by atoms with Crippen molar-refractivity contribution in [3.05, 3.63) is 92.9 Å². The van der Waals surface area contributed by atoms with Crippen LogP contribution in [0, 0.1) is 6.92 Å². The molecule has 0 N–H and O–H groups in total. The average Bonchev–Trinajstić information content (AvgIpc) is 3.25. The lowest BCUT2D eigenvalue weighted by atomic mass is 10.2. The van der Waals surface area contributed by atoms with Crippen LogP contribution in [0.25, 0.3) is 21.9 Å². The molecule has 0 atom stereocenters. The van der Waals surface area contributed by atoms with Gasteiger partial charge in [0.05, 0.1) is 12.5 Å². The first-order chi connectivity index (χ1) is 16.4. The monoisotopic (exact) mass is 520 g/mol. The predicted molar refractivity (Wildman–Crippen MR) is 129 cm³/mol. The smallest absolute Gasteiger partial charge is 0.379 e. The Morgan fingerprint density at radius 3 is 2.35 bits per heavy atom. The van der Waals surface area contributed by atoms with Gasteiger partial charge in [-0.05, 0) is 67.6 Å². The maximum atomic E-state index is 13.0. The minimum Gasteiger partial charge on any atom is -0.497 e. The molecular formula is C26H17BrO7. The van der Waals surface area contributed by atoms with Gasteiger partial charge in [-0.2, -0.15) is 0 Å². The Balaban J connectivity index is 1.42. The Hall–Kier alpha value is -4.04. The summed E-state index contributed by atoms with van der Waals surface area (Å²) in [5.41, 5.74) is 0.499. The summed E-state index contributed by atoms with van der Waals surface area (Å²) in [6.07, 6.45) is 0. The lowest BCUT2D eigenvalue weighted by molar-refractivity contribution is 0.0704. The van der Waals surface area contributed by atoms with E-state index in [2.05, 4.69) is 15.9 Å². The fraction of sp³-hybridized carbons (Fsp3) is 0.0769. The number of aryl methyl sites for hydroxylation is 1. The summed E-state index contributed by atoms with van der Waals surface area (Å²) in [4.78, 5) is 25.6. The molecule has 0 spiro atoms. The standard InChI is InChI=1S/C26H17BrO7/c1-14-25(32-18-6-4-17(30-2)5-7-18)24(28)20-9-8-19(13-22(20)31-14)33-26(29)23-12-15-11-16(27)3-10-21(15)34-23/h3-13H,1-2H3. The molecule has 170 valence electrons. The van der Waals surface area contributed by atoms with E-state index in [4.69, 9.17) is 23.0 Å². The zero-order valence-corrected chi connectivity index (χ0v) is 19.7. The van der Waals surface area contributed by atoms with Crippen LogP contribution in [0.3, 0.4) is 0 Å². The molecule has 0 amide bonds. The van der Waals surface area contributed by atoms with Gasteiger partial charge in [0.25, 0.3) is 0 Å². The van der Waals surface area contributed by atoms with Gasteiger partial charge in [0, 0.05) is 15.9 Å². The summed E-state index contributed by atoms with van der Waals surface area (Å²) in [5, 5.41) is 1.06. The molecule has 3 aromatic carbocycles. The Bertz CT molecular complexity index is 1600. The zero-order valence-electron chi connectivity index (χ0n) is 18.1. The SMILES string of the molecule is COc1ccc(Oc2c(C)oc3cc(OC(=O)c4cc5cc(Br)ccc5o4)ccc3c2=O)cc1. The van der Waals surface area contributed by atoms with Gasteiger partial charge < -0.3 is 23.0 Å². The van der Waals surface area contributed by atoms with Gasteiger partial charge in [0.1, 0.15) is 34.2 Å². The number of furan rings is 1. The Kier molecular flexibility index (Phi) is 5.59. The largest absolute Gasteiger partial charge is 0.497 e. The molecule has 0 bridgehead atoms. The van der Waals surface area contributed by atoms with Crippen molar-refractivity contribution in [1.29, 1.82) is 0 Å². The number of halogens is 1. The van der Waals surface area contributed by atoms with Crippen LogP contribution in [0.15, 0.2) is 84.8 Å². The zero-order chi connectivity index (χ0) is 23.8. The number of methoxy groups -OCH3 is 1. The highest BCUT2D eigenvalue weighted by Crippen LogP contribution is 2.29. The molecule has 2 heterocycles. The second-order valence-electron chi connectivity index (χ2n) is 7.43. The van der Waals surface area contributed by atoms with E-state index in [1.165, 1.54) is 18.2 Å². The molecule has 8 heteroatoms. The lowest BCUT2D eigenvalue weighted by Gasteiger charge is -2.10. The maximum Gasteiger partial charge on any atom is 0.379 e. The molecule has 5 aromatic rings. The lowest BCUT2D eigenvalue weighted by Crippen LogP contribution is -2.09. The third-order valence-electron chi connectivity index (χ3n) is 5.16. The van der Waals surface area contributed by atoms with E-state index in [1.54, 1.807) is 50.4 Å². The van der Waals surface area contributed by atoms with Crippen LogP contribution >= 0.6 is 15.9 Å². The number of ether oxygens (including phenoxy) is 3. The Morgan fingerprint density at radius 2 is 1.59 bits per heavy atom. The third-order valence-corrected chi connectivity index (χ3v) is 5.65. The van der Waals surface area contributed by atoms with Crippen LogP contribution in [0.4, 0.5) is 0 Å². The van der Waals surface area contributed by atoms with Gasteiger partial charge in [-0.15, -0.1) is 0 Å². The first-order valence-electron chi connectivity index (χ1n) is 10.2. The Labute approximate surface area is 201 Å². The Morgan fingerprint density at radius 1 is 0.853 bits per heavy atom. The molecule has 0 radical (unpaired) electrons. The van der Waals surface area contributed by atoms with Crippen molar-refractivity contribution in [3.63, 3.8) is 0 Å². The van der Waals surface area contributed by atoms with Crippen molar-refractivity contribution < 1.29 is 27.8 Å². The summed E-state index contributed by atoms with van der Waals surface area (Å²) >= 11 is 3.39. The van der Waals surface area contributed by atoms with E-state index in [0.717, 1.165) is 9.86 Å². The predicted octanol–water partition coefficient (Wildman–Crippen LogP) is 6.63. The molecule has 7 nitrogen and oxygen atoms in total. The average molecular weight is 521 g/mol. The molecule has 0 saturated carbocycles.